The molecule has 0 radical (unpaired) electrons. The predicted molar refractivity (Wildman–Crippen MR) is 42.5 cm³/mol. The molecule has 1 atom stereocenters. The van der Waals surface area contributed by atoms with E-state index in [2.05, 4.69) is 4.99 Å². The maximum atomic E-state index is 8.66. The lowest BCUT2D eigenvalue weighted by molar-refractivity contribution is 0.357. The van der Waals surface area contributed by atoms with E-state index in [1.807, 2.05) is 6.92 Å². The van der Waals surface area contributed by atoms with Crippen molar-refractivity contribution in [3.05, 3.63) is 11.1 Å². The summed E-state index contributed by atoms with van der Waals surface area (Å²) in [6, 6.07) is 0. The van der Waals surface area contributed by atoms with E-state index in [1.54, 1.807) is 6.08 Å². The van der Waals surface area contributed by atoms with Gasteiger partial charge in [0.05, 0.1) is 12.3 Å². The zero-order valence-electron chi connectivity index (χ0n) is 5.84. The predicted octanol–water partition coefficient (Wildman–Crippen LogP) is 1.19. The number of hydrogen-bond donors (Lipinski definition) is 1. The lowest BCUT2D eigenvalue weighted by Crippen LogP contribution is -2.13. The van der Waals surface area contributed by atoms with Crippen LogP contribution in [0.5, 0.6) is 0 Å². The molecule has 3 heteroatoms. The summed E-state index contributed by atoms with van der Waals surface area (Å²) in [6.07, 6.45) is 1.73. The second kappa shape index (κ2) is 3.17. The van der Waals surface area contributed by atoms with E-state index < -0.39 is 0 Å². The van der Waals surface area contributed by atoms with Crippen molar-refractivity contribution in [3.8, 4) is 0 Å². The van der Waals surface area contributed by atoms with Crippen LogP contribution in [0.1, 0.15) is 6.92 Å². The van der Waals surface area contributed by atoms with Gasteiger partial charge in [-0.3, -0.25) is 4.99 Å². The molecule has 0 bridgehead atoms. The Bertz CT molecular complexity index is 186. The zero-order valence-corrected chi connectivity index (χ0v) is 6.60. The first-order valence-electron chi connectivity index (χ1n) is 3.25. The van der Waals surface area contributed by atoms with Crippen molar-refractivity contribution >= 4 is 17.3 Å². The molecule has 1 rings (SSSR count). The van der Waals surface area contributed by atoms with E-state index >= 15 is 0 Å². The Morgan fingerprint density at radius 1 is 1.90 bits per heavy atom. The number of nitrogens with zero attached hydrogens (tertiary/aromatic N) is 1. The van der Waals surface area contributed by atoms with Crippen molar-refractivity contribution in [3.63, 3.8) is 0 Å². The van der Waals surface area contributed by atoms with Gasteiger partial charge in [0.1, 0.15) is 0 Å². The summed E-state index contributed by atoms with van der Waals surface area (Å²) in [7, 11) is 0. The molecule has 1 N–H and O–H groups in total. The monoisotopic (exact) mass is 159 g/mol. The molecule has 2 nitrogen and oxygen atoms in total. The molecule has 0 amide bonds. The smallest absolute Gasteiger partial charge is 0.0848 e. The molecule has 10 heavy (non-hydrogen) atoms. The molecule has 0 aromatic heterocycles. The fraction of sp³-hybridized carbons (Fsp3) is 0.571. The lowest BCUT2D eigenvalue weighted by Gasteiger charge is -2.13. The van der Waals surface area contributed by atoms with Gasteiger partial charge in [-0.15, -0.1) is 0 Å². The van der Waals surface area contributed by atoms with Gasteiger partial charge < -0.3 is 5.11 Å². The molecule has 0 saturated carbocycles. The summed E-state index contributed by atoms with van der Waals surface area (Å²) < 4.78 is 0. The number of halogens is 1. The van der Waals surface area contributed by atoms with Gasteiger partial charge in [-0.1, -0.05) is 18.5 Å². The highest BCUT2D eigenvalue weighted by molar-refractivity contribution is 6.31. The highest BCUT2D eigenvalue weighted by Crippen LogP contribution is 2.18. The quantitative estimate of drug-likeness (QED) is 0.613. The van der Waals surface area contributed by atoms with Gasteiger partial charge >= 0.3 is 0 Å². The van der Waals surface area contributed by atoms with Crippen LogP contribution in [-0.4, -0.2) is 24.0 Å². The normalized spacial score (nSPS) is 25.7. The van der Waals surface area contributed by atoms with Crippen molar-refractivity contribution in [2.45, 2.75) is 6.92 Å². The van der Waals surface area contributed by atoms with E-state index in [1.165, 1.54) is 0 Å². The average Bonchev–Trinajstić information content (AvgIpc) is 1.95. The van der Waals surface area contributed by atoms with Gasteiger partial charge in [0.2, 0.25) is 0 Å². The Kier molecular flexibility index (Phi) is 2.46. The largest absolute Gasteiger partial charge is 0.390 e. The van der Waals surface area contributed by atoms with Crippen LogP contribution in [-0.2, 0) is 0 Å². The van der Waals surface area contributed by atoms with Crippen LogP contribution in [0.15, 0.2) is 16.1 Å². The van der Waals surface area contributed by atoms with Crippen molar-refractivity contribution in [2.24, 2.45) is 10.9 Å². The fourth-order valence-corrected chi connectivity index (χ4v) is 0.979. The molecular formula is C7H10ClNO. The van der Waals surface area contributed by atoms with Gasteiger partial charge in [-0.2, -0.15) is 0 Å². The lowest BCUT2D eigenvalue weighted by atomic mass is 10.1. The second-order valence-corrected chi connectivity index (χ2v) is 2.86. The van der Waals surface area contributed by atoms with Crippen molar-refractivity contribution in [1.29, 1.82) is 0 Å². The van der Waals surface area contributed by atoms with Gasteiger partial charge in [-0.25, -0.2) is 0 Å². The van der Waals surface area contributed by atoms with Crippen molar-refractivity contribution in [1.82, 2.24) is 0 Å². The summed E-state index contributed by atoms with van der Waals surface area (Å²) in [5.41, 5.74) is 0.683. The van der Waals surface area contributed by atoms with Crippen LogP contribution in [0.3, 0.4) is 0 Å². The zero-order chi connectivity index (χ0) is 7.56. The first-order valence-corrected chi connectivity index (χ1v) is 3.63. The third kappa shape index (κ3) is 1.58. The van der Waals surface area contributed by atoms with Crippen LogP contribution in [0.4, 0.5) is 0 Å². The average molecular weight is 160 g/mol. The summed E-state index contributed by atoms with van der Waals surface area (Å²) in [5, 5.41) is 9.45. The van der Waals surface area contributed by atoms with E-state index in [9.17, 15) is 0 Å². The summed E-state index contributed by atoms with van der Waals surface area (Å²) in [5.74, 6) is 0.317. The topological polar surface area (TPSA) is 32.6 Å². The van der Waals surface area contributed by atoms with Crippen LogP contribution < -0.4 is 0 Å². The van der Waals surface area contributed by atoms with Gasteiger partial charge in [-0.05, 0) is 6.08 Å². The first kappa shape index (κ1) is 7.76. The molecule has 56 valence electrons. The summed E-state index contributed by atoms with van der Waals surface area (Å²) in [6.45, 7) is 2.70. The molecule has 1 heterocycles. The number of hydrogen-bond acceptors (Lipinski definition) is 2. The number of aliphatic imine (C=N–C) groups is 1. The van der Waals surface area contributed by atoms with Crippen LogP contribution in [0.2, 0.25) is 0 Å². The molecule has 0 aromatic carbocycles. The number of aliphatic hydroxyl groups is 1. The minimum atomic E-state index is -0.0110. The fourth-order valence-electron chi connectivity index (χ4n) is 0.784. The Morgan fingerprint density at radius 2 is 2.60 bits per heavy atom. The third-order valence-corrected chi connectivity index (χ3v) is 1.99. The molecule has 0 saturated heterocycles. The van der Waals surface area contributed by atoms with E-state index in [0.29, 0.717) is 18.2 Å². The first-order chi connectivity index (χ1) is 4.74. The Labute approximate surface area is 65.2 Å². The number of rotatable bonds is 1. The van der Waals surface area contributed by atoms with Crippen molar-refractivity contribution in [2.75, 3.05) is 13.2 Å². The van der Waals surface area contributed by atoms with Crippen LogP contribution >= 0.6 is 11.6 Å². The highest BCUT2D eigenvalue weighted by Gasteiger charge is 2.11. The van der Waals surface area contributed by atoms with Gasteiger partial charge in [0.25, 0.3) is 0 Å². The Morgan fingerprint density at radius 3 is 3.10 bits per heavy atom. The summed E-state index contributed by atoms with van der Waals surface area (Å²) in [4.78, 5) is 4.09. The molecule has 0 fully saturated rings. The van der Waals surface area contributed by atoms with Crippen LogP contribution in [0.25, 0.3) is 0 Å². The highest BCUT2D eigenvalue weighted by atomic mass is 35.5. The Balaban J connectivity index is 2.69. The minimum absolute atomic E-state index is 0.0110. The van der Waals surface area contributed by atoms with Crippen molar-refractivity contribution < 1.29 is 5.11 Å². The molecule has 1 aliphatic rings. The van der Waals surface area contributed by atoms with E-state index in [4.69, 9.17) is 16.7 Å². The summed E-state index contributed by atoms with van der Waals surface area (Å²) >= 11 is 5.81. The Hall–Kier alpha value is -0.340. The molecule has 0 aliphatic carbocycles. The standard InChI is InChI=1S/C7H10ClNO/c1-5-3-9-6(4-10)2-7(5)8/h2,5,10H,3-4H2,1H3/t5-/m1/s1. The van der Waals surface area contributed by atoms with Gasteiger partial charge in [0.15, 0.2) is 0 Å². The molecule has 1 aliphatic heterocycles. The molecule has 0 aromatic rings. The number of aliphatic hydroxyl groups excluding tert-OH is 1. The van der Waals surface area contributed by atoms with E-state index in [0.717, 1.165) is 5.03 Å². The third-order valence-electron chi connectivity index (χ3n) is 1.51. The van der Waals surface area contributed by atoms with Gasteiger partial charge in [0, 0.05) is 17.5 Å². The van der Waals surface area contributed by atoms with E-state index in [-0.39, 0.29) is 6.61 Å². The second-order valence-electron chi connectivity index (χ2n) is 2.42. The minimum Gasteiger partial charge on any atom is -0.390 e. The molecule has 0 unspecified atom stereocenters. The molecular weight excluding hydrogens is 150 g/mol. The van der Waals surface area contributed by atoms with Crippen LogP contribution in [0, 0.1) is 5.92 Å². The SMILES string of the molecule is C[C@@H]1CN=C(CO)C=C1Cl. The maximum Gasteiger partial charge on any atom is 0.0848 e. The maximum absolute atomic E-state index is 8.66. The number of dihydropyridines is 1. The molecule has 0 spiro atoms.